The van der Waals surface area contributed by atoms with Crippen molar-refractivity contribution >= 4 is 23.5 Å². The molecule has 4 aliphatic carbocycles. The van der Waals surface area contributed by atoms with Gasteiger partial charge < -0.3 is 5.32 Å². The van der Waals surface area contributed by atoms with Gasteiger partial charge in [-0.25, -0.2) is 4.68 Å². The first-order valence-electron chi connectivity index (χ1n) is 9.84. The molecular weight excluding hydrogens is 330 g/mol. The van der Waals surface area contributed by atoms with Crippen LogP contribution in [0.25, 0.3) is 0 Å². The predicted molar refractivity (Wildman–Crippen MR) is 101 cm³/mol. The number of carbonyl (C=O) groups excluding carboxylic acids is 1. The van der Waals surface area contributed by atoms with Crippen molar-refractivity contribution in [1.82, 2.24) is 9.78 Å². The van der Waals surface area contributed by atoms with E-state index in [-0.39, 0.29) is 16.9 Å². The molecule has 4 bridgehead atoms. The summed E-state index contributed by atoms with van der Waals surface area (Å²) in [6.45, 7) is 6.51. The van der Waals surface area contributed by atoms with Crippen molar-refractivity contribution in [3.05, 3.63) is 11.3 Å². The summed E-state index contributed by atoms with van der Waals surface area (Å²) in [6, 6.07) is 0. The number of nitrogens with zero attached hydrogens (tertiary/aromatic N) is 2. The molecule has 4 fully saturated rings. The number of hydrogen-bond acceptors (Lipinski definition) is 3. The van der Waals surface area contributed by atoms with Gasteiger partial charge in [0, 0.05) is 17.1 Å². The van der Waals surface area contributed by atoms with E-state index in [2.05, 4.69) is 30.8 Å². The Labute approximate surface area is 154 Å². The molecule has 4 nitrogen and oxygen atoms in total. The average Bonchev–Trinajstić information content (AvgIpc) is 3.07. The van der Waals surface area contributed by atoms with Gasteiger partial charge in [0.25, 0.3) is 0 Å². The van der Waals surface area contributed by atoms with Gasteiger partial charge in [-0.2, -0.15) is 16.9 Å². The zero-order chi connectivity index (χ0) is 17.4. The quantitative estimate of drug-likeness (QED) is 0.843. The highest BCUT2D eigenvalue weighted by Gasteiger charge is 2.54. The summed E-state index contributed by atoms with van der Waals surface area (Å²) in [5.74, 6) is 5.60. The van der Waals surface area contributed by atoms with Crippen molar-refractivity contribution in [1.29, 1.82) is 0 Å². The molecule has 0 saturated heterocycles. The minimum atomic E-state index is -0.112. The third-order valence-electron chi connectivity index (χ3n) is 6.94. The molecule has 0 radical (unpaired) electrons. The lowest BCUT2D eigenvalue weighted by atomic mass is 9.49. The first-order valence-corrected chi connectivity index (χ1v) is 11.0. The lowest BCUT2D eigenvalue weighted by molar-refractivity contribution is -0.140. The molecule has 5 aliphatic rings. The van der Waals surface area contributed by atoms with E-state index in [0.29, 0.717) is 0 Å². The van der Waals surface area contributed by atoms with E-state index in [0.717, 1.165) is 54.3 Å². The third kappa shape index (κ3) is 2.48. The van der Waals surface area contributed by atoms with Gasteiger partial charge in [0.15, 0.2) is 0 Å². The average molecular weight is 360 g/mol. The SMILES string of the molecule is CC(C)(C)n1nc2c(c1NC(=O)C13CC4CC(CC(C4)C1)C3)CSC2. The fourth-order valence-corrected chi connectivity index (χ4v) is 7.29. The Balaban J connectivity index is 1.47. The van der Waals surface area contributed by atoms with Gasteiger partial charge in [-0.3, -0.25) is 4.79 Å². The van der Waals surface area contributed by atoms with E-state index in [1.807, 2.05) is 11.8 Å². The third-order valence-corrected chi connectivity index (χ3v) is 7.91. The maximum Gasteiger partial charge on any atom is 0.231 e. The van der Waals surface area contributed by atoms with Gasteiger partial charge in [-0.15, -0.1) is 0 Å². The van der Waals surface area contributed by atoms with Gasteiger partial charge in [0.05, 0.1) is 16.6 Å². The second-order valence-electron chi connectivity index (χ2n) is 10.0. The van der Waals surface area contributed by atoms with Crippen molar-refractivity contribution in [3.63, 3.8) is 0 Å². The van der Waals surface area contributed by atoms with E-state index < -0.39 is 0 Å². The van der Waals surface area contributed by atoms with Gasteiger partial charge in [0.1, 0.15) is 5.82 Å². The van der Waals surface area contributed by atoms with Crippen LogP contribution in [0, 0.1) is 23.2 Å². The van der Waals surface area contributed by atoms with Gasteiger partial charge in [0.2, 0.25) is 5.91 Å². The van der Waals surface area contributed by atoms with Crippen LogP contribution in [0.1, 0.15) is 70.6 Å². The number of thioether (sulfide) groups is 1. The van der Waals surface area contributed by atoms with Crippen molar-refractivity contribution in [2.24, 2.45) is 23.2 Å². The molecular formula is C20H29N3OS. The van der Waals surface area contributed by atoms with E-state index in [1.165, 1.54) is 30.5 Å². The van der Waals surface area contributed by atoms with Crippen LogP contribution >= 0.6 is 11.8 Å². The Kier molecular flexibility index (Phi) is 3.42. The number of carbonyl (C=O) groups is 1. The molecule has 2 heterocycles. The molecule has 0 atom stereocenters. The zero-order valence-electron chi connectivity index (χ0n) is 15.6. The Morgan fingerprint density at radius 2 is 1.72 bits per heavy atom. The molecule has 1 N–H and O–H groups in total. The first kappa shape index (κ1) is 16.2. The molecule has 5 heteroatoms. The van der Waals surface area contributed by atoms with Crippen LogP contribution in [-0.4, -0.2) is 15.7 Å². The zero-order valence-corrected chi connectivity index (χ0v) is 16.4. The lowest BCUT2D eigenvalue weighted by Crippen LogP contribution is -2.52. The van der Waals surface area contributed by atoms with E-state index >= 15 is 0 Å². The fourth-order valence-electron chi connectivity index (χ4n) is 6.26. The second kappa shape index (κ2) is 5.28. The van der Waals surface area contributed by atoms with Crippen molar-refractivity contribution in [2.45, 2.75) is 76.3 Å². The standard InChI is InChI=1S/C20H29N3OS/c1-19(2,3)23-17(15-10-25-11-16(15)22-23)21-18(24)20-7-12-4-13(8-20)6-14(5-12)9-20/h12-14H,4-11H2,1-3H3,(H,21,24). The molecule has 1 aliphatic heterocycles. The van der Waals surface area contributed by atoms with Crippen LogP contribution in [0.4, 0.5) is 5.82 Å². The van der Waals surface area contributed by atoms with Crippen LogP contribution in [0.5, 0.6) is 0 Å². The van der Waals surface area contributed by atoms with Crippen LogP contribution in [-0.2, 0) is 21.8 Å². The summed E-state index contributed by atoms with van der Waals surface area (Å²) in [5, 5.41) is 8.25. The Hall–Kier alpha value is -0.970. The number of aromatic nitrogens is 2. The van der Waals surface area contributed by atoms with Crippen molar-refractivity contribution in [3.8, 4) is 0 Å². The van der Waals surface area contributed by atoms with Crippen molar-refractivity contribution in [2.75, 3.05) is 5.32 Å². The summed E-state index contributed by atoms with van der Waals surface area (Å²) < 4.78 is 2.07. The molecule has 0 aromatic carbocycles. The number of rotatable bonds is 2. The van der Waals surface area contributed by atoms with Crippen LogP contribution in [0.2, 0.25) is 0 Å². The molecule has 1 amide bonds. The van der Waals surface area contributed by atoms with Crippen LogP contribution in [0.15, 0.2) is 0 Å². The molecule has 25 heavy (non-hydrogen) atoms. The van der Waals surface area contributed by atoms with Crippen molar-refractivity contribution < 1.29 is 4.79 Å². The number of nitrogens with one attached hydrogen (secondary N) is 1. The molecule has 4 saturated carbocycles. The first-order chi connectivity index (χ1) is 11.8. The highest BCUT2D eigenvalue weighted by molar-refractivity contribution is 7.98. The largest absolute Gasteiger partial charge is 0.310 e. The summed E-state index contributed by atoms with van der Waals surface area (Å²) >= 11 is 1.90. The van der Waals surface area contributed by atoms with E-state index in [9.17, 15) is 4.79 Å². The number of anilines is 1. The highest BCUT2D eigenvalue weighted by atomic mass is 32.2. The fraction of sp³-hybridized carbons (Fsp3) is 0.800. The lowest BCUT2D eigenvalue weighted by Gasteiger charge is -2.55. The summed E-state index contributed by atoms with van der Waals surface area (Å²) in [4.78, 5) is 13.5. The Morgan fingerprint density at radius 3 is 2.28 bits per heavy atom. The van der Waals surface area contributed by atoms with E-state index in [4.69, 9.17) is 5.10 Å². The minimum absolute atomic E-state index is 0.0969. The van der Waals surface area contributed by atoms with Crippen LogP contribution < -0.4 is 5.32 Å². The Morgan fingerprint density at radius 1 is 1.12 bits per heavy atom. The number of hydrogen-bond donors (Lipinski definition) is 1. The summed E-state index contributed by atoms with van der Waals surface area (Å²) in [7, 11) is 0. The topological polar surface area (TPSA) is 46.9 Å². The monoisotopic (exact) mass is 359 g/mol. The predicted octanol–water partition coefficient (Wildman–Crippen LogP) is 4.54. The molecule has 1 aromatic heterocycles. The Bertz CT molecular complexity index is 695. The highest BCUT2D eigenvalue weighted by Crippen LogP contribution is 2.60. The summed E-state index contributed by atoms with van der Waals surface area (Å²) in [5.41, 5.74) is 2.22. The van der Waals surface area contributed by atoms with E-state index in [1.54, 1.807) is 0 Å². The molecule has 136 valence electrons. The molecule has 0 unspecified atom stereocenters. The normalized spacial score (nSPS) is 35.9. The molecule has 1 aromatic rings. The maximum absolute atomic E-state index is 13.5. The smallest absolute Gasteiger partial charge is 0.231 e. The van der Waals surface area contributed by atoms with Gasteiger partial charge in [-0.1, -0.05) is 0 Å². The van der Waals surface area contributed by atoms with Gasteiger partial charge in [-0.05, 0) is 77.0 Å². The number of amides is 1. The minimum Gasteiger partial charge on any atom is -0.310 e. The van der Waals surface area contributed by atoms with Gasteiger partial charge >= 0.3 is 0 Å². The molecule has 6 rings (SSSR count). The summed E-state index contributed by atoms with van der Waals surface area (Å²) in [6.07, 6.45) is 7.47. The maximum atomic E-state index is 13.5. The number of fused-ring (bicyclic) bond motifs is 1. The molecule has 0 spiro atoms. The van der Waals surface area contributed by atoms with Crippen LogP contribution in [0.3, 0.4) is 0 Å². The second-order valence-corrected chi connectivity index (χ2v) is 11.0.